The molecule has 1 heterocycles. The molecular formula is C14H23N3S. The van der Waals surface area contributed by atoms with Crippen molar-refractivity contribution in [2.24, 2.45) is 5.73 Å². The van der Waals surface area contributed by atoms with Gasteiger partial charge in [0.25, 0.3) is 0 Å². The minimum Gasteiger partial charge on any atom is -0.388 e. The SMILES string of the molecule is CCCCC(CCC)Nc1cccnc1C(N)=S. The van der Waals surface area contributed by atoms with Crippen LogP contribution in [-0.2, 0) is 0 Å². The van der Waals surface area contributed by atoms with Crippen LogP contribution < -0.4 is 11.1 Å². The molecule has 0 amide bonds. The smallest absolute Gasteiger partial charge is 0.124 e. The van der Waals surface area contributed by atoms with Gasteiger partial charge in [0.05, 0.1) is 5.69 Å². The van der Waals surface area contributed by atoms with Crippen LogP contribution in [0.5, 0.6) is 0 Å². The van der Waals surface area contributed by atoms with Crippen molar-refractivity contribution in [3.8, 4) is 0 Å². The second-order valence-corrected chi connectivity index (χ2v) is 4.98. The molecule has 100 valence electrons. The van der Waals surface area contributed by atoms with E-state index in [9.17, 15) is 0 Å². The summed E-state index contributed by atoms with van der Waals surface area (Å²) in [5.41, 5.74) is 7.35. The van der Waals surface area contributed by atoms with E-state index in [0.717, 1.165) is 12.1 Å². The van der Waals surface area contributed by atoms with Crippen molar-refractivity contribution in [3.05, 3.63) is 24.0 Å². The first-order chi connectivity index (χ1) is 8.69. The van der Waals surface area contributed by atoms with E-state index in [-0.39, 0.29) is 0 Å². The predicted molar refractivity (Wildman–Crippen MR) is 82.0 cm³/mol. The summed E-state index contributed by atoms with van der Waals surface area (Å²) < 4.78 is 0. The van der Waals surface area contributed by atoms with Gasteiger partial charge in [-0.05, 0) is 25.0 Å². The van der Waals surface area contributed by atoms with Crippen molar-refractivity contribution in [3.63, 3.8) is 0 Å². The first-order valence-corrected chi connectivity index (χ1v) is 7.11. The van der Waals surface area contributed by atoms with E-state index in [1.165, 1.54) is 25.7 Å². The van der Waals surface area contributed by atoms with E-state index in [1.807, 2.05) is 12.1 Å². The fraction of sp³-hybridized carbons (Fsp3) is 0.571. The van der Waals surface area contributed by atoms with E-state index in [0.29, 0.717) is 16.7 Å². The lowest BCUT2D eigenvalue weighted by Crippen LogP contribution is -2.22. The molecule has 0 aliphatic rings. The second kappa shape index (κ2) is 8.03. The highest BCUT2D eigenvalue weighted by Crippen LogP contribution is 2.18. The highest BCUT2D eigenvalue weighted by Gasteiger charge is 2.11. The Kier molecular flexibility index (Phi) is 6.65. The van der Waals surface area contributed by atoms with Crippen LogP contribution in [0.25, 0.3) is 0 Å². The fourth-order valence-corrected chi connectivity index (χ4v) is 2.19. The number of pyridine rings is 1. The maximum absolute atomic E-state index is 5.69. The van der Waals surface area contributed by atoms with Crippen molar-refractivity contribution in [1.29, 1.82) is 0 Å². The Morgan fingerprint density at radius 3 is 2.78 bits per heavy atom. The summed E-state index contributed by atoms with van der Waals surface area (Å²) in [5, 5.41) is 3.53. The Morgan fingerprint density at radius 2 is 2.17 bits per heavy atom. The summed E-state index contributed by atoms with van der Waals surface area (Å²) in [6.45, 7) is 4.42. The Hall–Kier alpha value is -1.16. The van der Waals surface area contributed by atoms with E-state index in [2.05, 4.69) is 24.1 Å². The maximum atomic E-state index is 5.69. The number of nitrogens with one attached hydrogen (secondary N) is 1. The number of anilines is 1. The number of hydrogen-bond donors (Lipinski definition) is 2. The molecule has 0 saturated carbocycles. The zero-order chi connectivity index (χ0) is 13.4. The monoisotopic (exact) mass is 265 g/mol. The lowest BCUT2D eigenvalue weighted by Gasteiger charge is -2.20. The summed E-state index contributed by atoms with van der Waals surface area (Å²) in [6, 6.07) is 4.38. The predicted octanol–water partition coefficient (Wildman–Crippen LogP) is 3.49. The maximum Gasteiger partial charge on any atom is 0.124 e. The van der Waals surface area contributed by atoms with Crippen molar-refractivity contribution < 1.29 is 0 Å². The topological polar surface area (TPSA) is 50.9 Å². The van der Waals surface area contributed by atoms with Crippen LogP contribution in [0.1, 0.15) is 51.6 Å². The molecule has 0 saturated heterocycles. The lowest BCUT2D eigenvalue weighted by atomic mass is 10.0. The molecule has 1 unspecified atom stereocenters. The average Bonchev–Trinajstić information content (AvgIpc) is 2.36. The highest BCUT2D eigenvalue weighted by atomic mass is 32.1. The van der Waals surface area contributed by atoms with Crippen LogP contribution in [0.4, 0.5) is 5.69 Å². The lowest BCUT2D eigenvalue weighted by molar-refractivity contribution is 0.564. The quantitative estimate of drug-likeness (QED) is 0.706. The number of thiocarbonyl (C=S) groups is 1. The first-order valence-electron chi connectivity index (χ1n) is 6.70. The van der Waals surface area contributed by atoms with Gasteiger partial charge in [-0.15, -0.1) is 0 Å². The third-order valence-corrected chi connectivity index (χ3v) is 3.14. The second-order valence-electron chi connectivity index (χ2n) is 4.54. The molecule has 0 radical (unpaired) electrons. The van der Waals surface area contributed by atoms with Gasteiger partial charge in [0.15, 0.2) is 0 Å². The van der Waals surface area contributed by atoms with Gasteiger partial charge in [0.1, 0.15) is 10.7 Å². The van der Waals surface area contributed by atoms with Crippen molar-refractivity contribution >= 4 is 22.9 Å². The summed E-state index contributed by atoms with van der Waals surface area (Å²) >= 11 is 5.03. The Labute approximate surface area is 115 Å². The summed E-state index contributed by atoms with van der Waals surface area (Å²) in [4.78, 5) is 4.59. The van der Waals surface area contributed by atoms with Gasteiger partial charge in [0, 0.05) is 12.2 Å². The summed E-state index contributed by atoms with van der Waals surface area (Å²) in [5.74, 6) is 0. The minimum atomic E-state index is 0.351. The molecule has 3 N–H and O–H groups in total. The largest absolute Gasteiger partial charge is 0.388 e. The van der Waals surface area contributed by atoms with Crippen molar-refractivity contribution in [2.75, 3.05) is 5.32 Å². The minimum absolute atomic E-state index is 0.351. The molecular weight excluding hydrogens is 242 g/mol. The molecule has 0 aromatic carbocycles. The van der Waals surface area contributed by atoms with Crippen LogP contribution in [0.15, 0.2) is 18.3 Å². The molecule has 0 fully saturated rings. The molecule has 0 bridgehead atoms. The van der Waals surface area contributed by atoms with Gasteiger partial charge >= 0.3 is 0 Å². The first kappa shape index (κ1) is 14.9. The third-order valence-electron chi connectivity index (χ3n) is 2.94. The van der Waals surface area contributed by atoms with E-state index >= 15 is 0 Å². The Balaban J connectivity index is 2.76. The van der Waals surface area contributed by atoms with Gasteiger partial charge in [-0.2, -0.15) is 0 Å². The molecule has 0 aliphatic heterocycles. The van der Waals surface area contributed by atoms with E-state index < -0.39 is 0 Å². The van der Waals surface area contributed by atoms with Gasteiger partial charge in [0.2, 0.25) is 0 Å². The highest BCUT2D eigenvalue weighted by molar-refractivity contribution is 7.80. The molecule has 3 nitrogen and oxygen atoms in total. The number of nitrogens with zero attached hydrogens (tertiary/aromatic N) is 1. The normalized spacial score (nSPS) is 12.1. The molecule has 0 spiro atoms. The summed E-state index contributed by atoms with van der Waals surface area (Å²) in [7, 11) is 0. The number of nitrogens with two attached hydrogens (primary N) is 1. The third kappa shape index (κ3) is 4.61. The average molecular weight is 265 g/mol. The molecule has 4 heteroatoms. The molecule has 1 aromatic heterocycles. The van der Waals surface area contributed by atoms with Gasteiger partial charge in [-0.25, -0.2) is 0 Å². The number of hydrogen-bond acceptors (Lipinski definition) is 3. The number of rotatable bonds is 8. The van der Waals surface area contributed by atoms with Crippen molar-refractivity contribution in [1.82, 2.24) is 4.98 Å². The van der Waals surface area contributed by atoms with Gasteiger partial charge in [-0.3, -0.25) is 4.98 Å². The zero-order valence-corrected chi connectivity index (χ0v) is 12.1. The van der Waals surface area contributed by atoms with E-state index in [4.69, 9.17) is 18.0 Å². The molecule has 1 atom stereocenters. The van der Waals surface area contributed by atoms with Crippen LogP contribution in [0.3, 0.4) is 0 Å². The molecule has 1 aromatic rings. The van der Waals surface area contributed by atoms with Crippen LogP contribution in [-0.4, -0.2) is 16.0 Å². The van der Waals surface area contributed by atoms with Crippen LogP contribution in [0, 0.1) is 0 Å². The molecule has 0 aliphatic carbocycles. The fourth-order valence-electron chi connectivity index (χ4n) is 2.03. The molecule has 1 rings (SSSR count). The number of unbranched alkanes of at least 4 members (excludes halogenated alkanes) is 1. The summed E-state index contributed by atoms with van der Waals surface area (Å²) in [6.07, 6.45) is 7.68. The van der Waals surface area contributed by atoms with Gasteiger partial charge < -0.3 is 11.1 Å². The van der Waals surface area contributed by atoms with Crippen molar-refractivity contribution in [2.45, 2.75) is 52.0 Å². The standard InChI is InChI=1S/C14H23N3S/c1-3-5-8-11(7-4-2)17-12-9-6-10-16-13(12)14(15)18/h6,9-11,17H,3-5,7-8H2,1-2H3,(H2,15,18). The van der Waals surface area contributed by atoms with Gasteiger partial charge in [-0.1, -0.05) is 45.3 Å². The zero-order valence-electron chi connectivity index (χ0n) is 11.3. The van der Waals surface area contributed by atoms with Crippen LogP contribution >= 0.6 is 12.2 Å². The molecule has 18 heavy (non-hydrogen) atoms. The van der Waals surface area contributed by atoms with Crippen LogP contribution in [0.2, 0.25) is 0 Å². The number of aromatic nitrogens is 1. The Bertz CT molecular complexity index is 379. The Morgan fingerprint density at radius 1 is 1.39 bits per heavy atom. The van der Waals surface area contributed by atoms with E-state index in [1.54, 1.807) is 6.20 Å².